The largest absolute Gasteiger partial charge is 0.497 e. The summed E-state index contributed by atoms with van der Waals surface area (Å²) in [7, 11) is 1.68. The maximum Gasteiger partial charge on any atom is 0.118 e. The first-order valence-corrected chi connectivity index (χ1v) is 7.73. The van der Waals surface area contributed by atoms with Gasteiger partial charge in [-0.2, -0.15) is 0 Å². The number of hydrogen-bond acceptors (Lipinski definition) is 4. The minimum absolute atomic E-state index is 0.664. The van der Waals surface area contributed by atoms with Gasteiger partial charge in [0, 0.05) is 17.0 Å². The van der Waals surface area contributed by atoms with Crippen molar-refractivity contribution >= 4 is 11.3 Å². The van der Waals surface area contributed by atoms with Gasteiger partial charge in [0.15, 0.2) is 0 Å². The highest BCUT2D eigenvalue weighted by Crippen LogP contribution is 2.28. The predicted octanol–water partition coefficient (Wildman–Crippen LogP) is 3.87. The van der Waals surface area contributed by atoms with E-state index in [1.54, 1.807) is 18.4 Å². The molecule has 1 N–H and O–H groups in total. The Morgan fingerprint density at radius 1 is 1.25 bits per heavy atom. The van der Waals surface area contributed by atoms with E-state index in [1.807, 2.05) is 12.1 Å². The molecule has 0 bridgehead atoms. The van der Waals surface area contributed by atoms with Gasteiger partial charge in [0.05, 0.1) is 12.8 Å². The third-order valence-electron chi connectivity index (χ3n) is 3.03. The Morgan fingerprint density at radius 3 is 2.55 bits per heavy atom. The van der Waals surface area contributed by atoms with E-state index in [2.05, 4.69) is 38.2 Å². The minimum atomic E-state index is 0.664. The fraction of sp³-hybridized carbons (Fsp3) is 0.438. The standard InChI is InChI=1S/C16H22N2OS/c1-11(2)9-17-10-15-18-16(12(3)20-15)13-5-7-14(19-4)8-6-13/h5-8,11,17H,9-10H2,1-4H3. The molecular formula is C16H22N2OS. The molecule has 3 nitrogen and oxygen atoms in total. The Kier molecular flexibility index (Phi) is 5.15. The molecule has 0 aliphatic heterocycles. The first-order chi connectivity index (χ1) is 9.60. The second-order valence-corrected chi connectivity index (χ2v) is 6.55. The summed E-state index contributed by atoms with van der Waals surface area (Å²) in [6.07, 6.45) is 0. The molecule has 1 aromatic heterocycles. The van der Waals surface area contributed by atoms with Crippen molar-refractivity contribution in [3.8, 4) is 17.0 Å². The number of ether oxygens (including phenoxy) is 1. The summed E-state index contributed by atoms with van der Waals surface area (Å²) in [5.41, 5.74) is 2.23. The predicted molar refractivity (Wildman–Crippen MR) is 85.4 cm³/mol. The molecule has 0 saturated carbocycles. The zero-order chi connectivity index (χ0) is 14.5. The van der Waals surface area contributed by atoms with Crippen LogP contribution in [0.4, 0.5) is 0 Å². The van der Waals surface area contributed by atoms with Crippen LogP contribution in [0.1, 0.15) is 23.7 Å². The average molecular weight is 290 g/mol. The first-order valence-electron chi connectivity index (χ1n) is 6.91. The molecule has 0 atom stereocenters. The summed E-state index contributed by atoms with van der Waals surface area (Å²) >= 11 is 1.77. The Labute approximate surface area is 125 Å². The minimum Gasteiger partial charge on any atom is -0.497 e. The fourth-order valence-electron chi connectivity index (χ4n) is 2.01. The molecule has 0 radical (unpaired) electrons. The summed E-state index contributed by atoms with van der Waals surface area (Å²) in [6.45, 7) is 8.42. The molecule has 1 aromatic carbocycles. The zero-order valence-corrected chi connectivity index (χ0v) is 13.4. The highest BCUT2D eigenvalue weighted by Gasteiger charge is 2.09. The summed E-state index contributed by atoms with van der Waals surface area (Å²) < 4.78 is 5.19. The first kappa shape index (κ1) is 15.0. The number of benzene rings is 1. The third-order valence-corrected chi connectivity index (χ3v) is 4.00. The van der Waals surface area contributed by atoms with Crippen molar-refractivity contribution in [2.24, 2.45) is 5.92 Å². The van der Waals surface area contributed by atoms with Gasteiger partial charge in [-0.15, -0.1) is 11.3 Å². The highest BCUT2D eigenvalue weighted by atomic mass is 32.1. The number of aromatic nitrogens is 1. The van der Waals surface area contributed by atoms with Crippen LogP contribution in [0.2, 0.25) is 0 Å². The molecule has 0 fully saturated rings. The molecule has 0 saturated heterocycles. The lowest BCUT2D eigenvalue weighted by Gasteiger charge is -2.04. The Balaban J connectivity index is 2.09. The van der Waals surface area contributed by atoms with E-state index >= 15 is 0 Å². The van der Waals surface area contributed by atoms with E-state index in [1.165, 1.54) is 4.88 Å². The van der Waals surface area contributed by atoms with Gasteiger partial charge in [0.1, 0.15) is 10.8 Å². The quantitative estimate of drug-likeness (QED) is 0.877. The zero-order valence-electron chi connectivity index (χ0n) is 12.6. The van der Waals surface area contributed by atoms with Crippen LogP contribution in [0, 0.1) is 12.8 Å². The monoisotopic (exact) mass is 290 g/mol. The van der Waals surface area contributed by atoms with Gasteiger partial charge in [0.25, 0.3) is 0 Å². The molecule has 0 aliphatic rings. The van der Waals surface area contributed by atoms with E-state index < -0.39 is 0 Å². The van der Waals surface area contributed by atoms with Gasteiger partial charge < -0.3 is 10.1 Å². The van der Waals surface area contributed by atoms with Crippen molar-refractivity contribution in [1.29, 1.82) is 0 Å². The SMILES string of the molecule is COc1ccc(-c2nc(CNCC(C)C)sc2C)cc1. The molecule has 0 aliphatic carbocycles. The lowest BCUT2D eigenvalue weighted by Crippen LogP contribution is -2.18. The van der Waals surface area contributed by atoms with Gasteiger partial charge in [-0.1, -0.05) is 13.8 Å². The van der Waals surface area contributed by atoms with Crippen molar-refractivity contribution in [1.82, 2.24) is 10.3 Å². The summed E-state index contributed by atoms with van der Waals surface area (Å²) in [6, 6.07) is 8.08. The van der Waals surface area contributed by atoms with E-state index in [0.717, 1.165) is 35.1 Å². The maximum atomic E-state index is 5.19. The van der Waals surface area contributed by atoms with Crippen LogP contribution in [0.3, 0.4) is 0 Å². The van der Waals surface area contributed by atoms with Crippen molar-refractivity contribution in [3.05, 3.63) is 34.2 Å². The van der Waals surface area contributed by atoms with Crippen LogP contribution in [0.5, 0.6) is 5.75 Å². The van der Waals surface area contributed by atoms with E-state index in [-0.39, 0.29) is 0 Å². The number of nitrogens with one attached hydrogen (secondary N) is 1. The van der Waals surface area contributed by atoms with Crippen molar-refractivity contribution < 1.29 is 4.74 Å². The lowest BCUT2D eigenvalue weighted by molar-refractivity contribution is 0.415. The highest BCUT2D eigenvalue weighted by molar-refractivity contribution is 7.12. The molecule has 2 aromatic rings. The van der Waals surface area contributed by atoms with E-state index in [0.29, 0.717) is 5.92 Å². The Morgan fingerprint density at radius 2 is 1.95 bits per heavy atom. The molecule has 0 spiro atoms. The smallest absolute Gasteiger partial charge is 0.118 e. The fourth-order valence-corrected chi connectivity index (χ4v) is 2.94. The molecule has 20 heavy (non-hydrogen) atoms. The number of nitrogens with zero attached hydrogens (tertiary/aromatic N) is 1. The average Bonchev–Trinajstić information content (AvgIpc) is 2.79. The molecule has 1 heterocycles. The molecule has 108 valence electrons. The van der Waals surface area contributed by atoms with Crippen LogP contribution in [0.25, 0.3) is 11.3 Å². The number of hydrogen-bond donors (Lipinski definition) is 1. The van der Waals surface area contributed by atoms with Gasteiger partial charge >= 0.3 is 0 Å². The second kappa shape index (κ2) is 6.86. The van der Waals surface area contributed by atoms with Gasteiger partial charge in [0.2, 0.25) is 0 Å². The number of thiazole rings is 1. The van der Waals surface area contributed by atoms with Gasteiger partial charge in [-0.05, 0) is 43.7 Å². The van der Waals surface area contributed by atoms with Crippen LogP contribution in [-0.4, -0.2) is 18.6 Å². The topological polar surface area (TPSA) is 34.1 Å². The molecular weight excluding hydrogens is 268 g/mol. The van der Waals surface area contributed by atoms with Crippen LogP contribution in [0.15, 0.2) is 24.3 Å². The van der Waals surface area contributed by atoms with Gasteiger partial charge in [-0.25, -0.2) is 4.98 Å². The van der Waals surface area contributed by atoms with Crippen LogP contribution in [-0.2, 0) is 6.54 Å². The van der Waals surface area contributed by atoms with E-state index in [9.17, 15) is 0 Å². The third kappa shape index (κ3) is 3.81. The number of rotatable bonds is 6. The molecule has 0 unspecified atom stereocenters. The summed E-state index contributed by atoms with van der Waals surface area (Å²) in [5.74, 6) is 1.54. The van der Waals surface area contributed by atoms with Crippen LogP contribution < -0.4 is 10.1 Å². The molecule has 4 heteroatoms. The summed E-state index contributed by atoms with van der Waals surface area (Å²) in [4.78, 5) is 6.01. The number of aryl methyl sites for hydroxylation is 1. The lowest BCUT2D eigenvalue weighted by atomic mass is 10.1. The number of methoxy groups -OCH3 is 1. The normalized spacial score (nSPS) is 11.1. The summed E-state index contributed by atoms with van der Waals surface area (Å²) in [5, 5.41) is 4.59. The van der Waals surface area contributed by atoms with Crippen molar-refractivity contribution in [2.75, 3.05) is 13.7 Å². The van der Waals surface area contributed by atoms with Crippen molar-refractivity contribution in [2.45, 2.75) is 27.3 Å². The van der Waals surface area contributed by atoms with Gasteiger partial charge in [-0.3, -0.25) is 0 Å². The Bertz CT molecular complexity index is 546. The second-order valence-electron chi connectivity index (χ2n) is 5.27. The Hall–Kier alpha value is -1.39. The van der Waals surface area contributed by atoms with E-state index in [4.69, 9.17) is 9.72 Å². The molecule has 2 rings (SSSR count). The molecule has 0 amide bonds. The maximum absolute atomic E-state index is 5.19. The van der Waals surface area contributed by atoms with Crippen molar-refractivity contribution in [3.63, 3.8) is 0 Å². The van der Waals surface area contributed by atoms with Crippen LogP contribution >= 0.6 is 11.3 Å².